The third-order valence-electron chi connectivity index (χ3n) is 4.46. The average Bonchev–Trinajstić information content (AvgIpc) is 2.61. The molecule has 0 saturated carbocycles. The molecule has 0 aliphatic carbocycles. The molecule has 1 aromatic rings. The lowest BCUT2D eigenvalue weighted by atomic mass is 10.1. The Hall–Kier alpha value is -2.13. The first-order valence-electron chi connectivity index (χ1n) is 8.36. The summed E-state index contributed by atoms with van der Waals surface area (Å²) in [6.45, 7) is 4.61. The maximum atomic E-state index is 12.8. The van der Waals surface area contributed by atoms with E-state index in [9.17, 15) is 22.8 Å². The summed E-state index contributed by atoms with van der Waals surface area (Å²) in [5.74, 6) is -0.379. The topological polar surface area (TPSA) is 64.7 Å². The molecule has 0 radical (unpaired) electrons. The van der Waals surface area contributed by atoms with Gasteiger partial charge < -0.3 is 5.32 Å². The summed E-state index contributed by atoms with van der Waals surface area (Å²) in [4.78, 5) is 27.2. The van der Waals surface area contributed by atoms with Crippen LogP contribution in [0.5, 0.6) is 0 Å². The van der Waals surface area contributed by atoms with Gasteiger partial charge in [-0.1, -0.05) is 18.2 Å². The Bertz CT molecular complexity index is 643. The van der Waals surface area contributed by atoms with Gasteiger partial charge in [-0.05, 0) is 18.6 Å². The van der Waals surface area contributed by atoms with Gasteiger partial charge in [0.2, 0.25) is 5.91 Å². The number of urea groups is 1. The number of halogens is 3. The van der Waals surface area contributed by atoms with Gasteiger partial charge in [0.15, 0.2) is 0 Å². The van der Waals surface area contributed by atoms with Crippen LogP contribution in [0.3, 0.4) is 0 Å². The van der Waals surface area contributed by atoms with E-state index in [4.69, 9.17) is 0 Å². The molecule has 1 fully saturated rings. The molecule has 0 bridgehead atoms. The molecule has 26 heavy (non-hydrogen) atoms. The van der Waals surface area contributed by atoms with Crippen LogP contribution in [0.1, 0.15) is 18.1 Å². The lowest BCUT2D eigenvalue weighted by Gasteiger charge is -2.37. The Kier molecular flexibility index (Phi) is 6.60. The van der Waals surface area contributed by atoms with Crippen LogP contribution in [0.2, 0.25) is 0 Å². The Labute approximate surface area is 150 Å². The van der Waals surface area contributed by atoms with Crippen molar-refractivity contribution in [3.8, 4) is 0 Å². The summed E-state index contributed by atoms with van der Waals surface area (Å²) in [5, 5.41) is 4.57. The highest BCUT2D eigenvalue weighted by Gasteiger charge is 2.31. The molecule has 1 saturated heterocycles. The van der Waals surface area contributed by atoms with Gasteiger partial charge in [-0.15, -0.1) is 0 Å². The van der Waals surface area contributed by atoms with Crippen molar-refractivity contribution >= 4 is 11.9 Å². The van der Waals surface area contributed by atoms with Crippen molar-refractivity contribution in [3.05, 3.63) is 35.4 Å². The van der Waals surface area contributed by atoms with E-state index < -0.39 is 23.8 Å². The molecule has 1 atom stereocenters. The summed E-state index contributed by atoms with van der Waals surface area (Å²) >= 11 is 0. The van der Waals surface area contributed by atoms with E-state index in [1.165, 1.54) is 19.2 Å². The molecule has 9 heteroatoms. The Balaban J connectivity index is 1.87. The predicted molar refractivity (Wildman–Crippen MR) is 90.4 cm³/mol. The zero-order chi connectivity index (χ0) is 19.3. The highest BCUT2D eigenvalue weighted by molar-refractivity contribution is 5.96. The SMILES string of the molecule is CNC(=O)NC(=O)[C@@H](C)N1CCN(Cc2cccc(C(F)(F)F)c2)CC1. The van der Waals surface area contributed by atoms with Gasteiger partial charge >= 0.3 is 12.2 Å². The van der Waals surface area contributed by atoms with Gasteiger partial charge in [0.1, 0.15) is 0 Å². The largest absolute Gasteiger partial charge is 0.416 e. The minimum Gasteiger partial charge on any atom is -0.341 e. The second-order valence-electron chi connectivity index (χ2n) is 6.25. The maximum absolute atomic E-state index is 12.8. The Morgan fingerprint density at radius 3 is 2.42 bits per heavy atom. The molecule has 0 unspecified atom stereocenters. The number of carbonyl (C=O) groups is 2. The number of benzene rings is 1. The zero-order valence-corrected chi connectivity index (χ0v) is 14.8. The highest BCUT2D eigenvalue weighted by atomic mass is 19.4. The van der Waals surface area contributed by atoms with Crippen LogP contribution in [-0.4, -0.2) is 61.0 Å². The van der Waals surface area contributed by atoms with E-state index in [1.807, 2.05) is 4.90 Å². The summed E-state index contributed by atoms with van der Waals surface area (Å²) in [7, 11) is 1.43. The third kappa shape index (κ3) is 5.43. The van der Waals surface area contributed by atoms with Crippen molar-refractivity contribution < 1.29 is 22.8 Å². The number of rotatable bonds is 4. The molecular formula is C17H23F3N4O2. The first-order chi connectivity index (χ1) is 12.2. The second kappa shape index (κ2) is 8.50. The molecule has 1 aliphatic rings. The molecular weight excluding hydrogens is 349 g/mol. The third-order valence-corrected chi connectivity index (χ3v) is 4.46. The van der Waals surface area contributed by atoms with Crippen LogP contribution >= 0.6 is 0 Å². The van der Waals surface area contributed by atoms with Gasteiger partial charge in [-0.25, -0.2) is 4.79 Å². The quantitative estimate of drug-likeness (QED) is 0.844. The van der Waals surface area contributed by atoms with E-state index >= 15 is 0 Å². The normalized spacial score (nSPS) is 17.6. The fourth-order valence-corrected chi connectivity index (χ4v) is 2.86. The smallest absolute Gasteiger partial charge is 0.341 e. The molecule has 1 aromatic carbocycles. The number of amides is 3. The monoisotopic (exact) mass is 372 g/mol. The Morgan fingerprint density at radius 1 is 1.19 bits per heavy atom. The number of carbonyl (C=O) groups excluding carboxylic acids is 2. The number of hydrogen-bond acceptors (Lipinski definition) is 4. The van der Waals surface area contributed by atoms with Crippen LogP contribution in [-0.2, 0) is 17.5 Å². The van der Waals surface area contributed by atoms with Crippen LogP contribution in [0.25, 0.3) is 0 Å². The van der Waals surface area contributed by atoms with Gasteiger partial charge in [0.05, 0.1) is 11.6 Å². The van der Waals surface area contributed by atoms with Crippen LogP contribution in [0.4, 0.5) is 18.0 Å². The molecule has 0 spiro atoms. The Morgan fingerprint density at radius 2 is 1.85 bits per heavy atom. The minimum absolute atomic E-state index is 0.379. The summed E-state index contributed by atoms with van der Waals surface area (Å²) in [6.07, 6.45) is -4.34. The van der Waals surface area contributed by atoms with Crippen molar-refractivity contribution in [3.63, 3.8) is 0 Å². The summed E-state index contributed by atoms with van der Waals surface area (Å²) in [6, 6.07) is 4.33. The van der Waals surface area contributed by atoms with Gasteiger partial charge in [-0.3, -0.25) is 19.9 Å². The number of alkyl halides is 3. The lowest BCUT2D eigenvalue weighted by Crippen LogP contribution is -2.55. The molecule has 3 amide bonds. The minimum atomic E-state index is -4.34. The average molecular weight is 372 g/mol. The fraction of sp³-hybridized carbons (Fsp3) is 0.529. The van der Waals surface area contributed by atoms with Crippen LogP contribution < -0.4 is 10.6 Å². The predicted octanol–water partition coefficient (Wildman–Crippen LogP) is 1.67. The van der Waals surface area contributed by atoms with E-state index in [0.29, 0.717) is 38.3 Å². The summed E-state index contributed by atoms with van der Waals surface area (Å²) in [5.41, 5.74) is -0.0354. The molecule has 1 aliphatic heterocycles. The second-order valence-corrected chi connectivity index (χ2v) is 6.25. The molecule has 2 rings (SSSR count). The van der Waals surface area contributed by atoms with E-state index in [0.717, 1.165) is 6.07 Å². The first kappa shape index (κ1) is 20.2. The van der Waals surface area contributed by atoms with Crippen LogP contribution in [0, 0.1) is 0 Å². The number of piperazine rings is 1. The zero-order valence-electron chi connectivity index (χ0n) is 14.8. The van der Waals surface area contributed by atoms with Crippen molar-refractivity contribution in [2.24, 2.45) is 0 Å². The van der Waals surface area contributed by atoms with Crippen molar-refractivity contribution in [1.82, 2.24) is 20.4 Å². The number of nitrogens with zero attached hydrogens (tertiary/aromatic N) is 2. The molecule has 144 valence electrons. The summed E-state index contributed by atoms with van der Waals surface area (Å²) < 4.78 is 38.4. The van der Waals surface area contributed by atoms with Crippen molar-refractivity contribution in [1.29, 1.82) is 0 Å². The van der Waals surface area contributed by atoms with E-state index in [2.05, 4.69) is 15.5 Å². The molecule has 6 nitrogen and oxygen atoms in total. The van der Waals surface area contributed by atoms with Crippen LogP contribution in [0.15, 0.2) is 24.3 Å². The van der Waals surface area contributed by atoms with E-state index in [1.54, 1.807) is 13.0 Å². The number of hydrogen-bond donors (Lipinski definition) is 2. The van der Waals surface area contributed by atoms with Gasteiger partial charge in [-0.2, -0.15) is 13.2 Å². The number of nitrogens with one attached hydrogen (secondary N) is 2. The molecule has 1 heterocycles. The fourth-order valence-electron chi connectivity index (χ4n) is 2.86. The van der Waals surface area contributed by atoms with E-state index in [-0.39, 0.29) is 5.91 Å². The van der Waals surface area contributed by atoms with Crippen molar-refractivity contribution in [2.45, 2.75) is 25.7 Å². The highest BCUT2D eigenvalue weighted by Crippen LogP contribution is 2.29. The maximum Gasteiger partial charge on any atom is 0.416 e. The van der Waals surface area contributed by atoms with Gasteiger partial charge in [0.25, 0.3) is 0 Å². The van der Waals surface area contributed by atoms with Crippen molar-refractivity contribution in [2.75, 3.05) is 33.2 Å². The molecule has 0 aromatic heterocycles. The first-order valence-corrected chi connectivity index (χ1v) is 8.36. The lowest BCUT2D eigenvalue weighted by molar-refractivity contribution is -0.137. The number of imide groups is 1. The standard InChI is InChI=1S/C17H23F3N4O2/c1-12(15(25)22-16(26)21-2)24-8-6-23(7-9-24)11-13-4-3-5-14(10-13)17(18,19)20/h3-5,10,12H,6-9,11H2,1-2H3,(H2,21,22,25,26)/t12-/m1/s1. The van der Waals surface area contributed by atoms with Gasteiger partial charge in [0, 0.05) is 39.8 Å². The molecule has 2 N–H and O–H groups in total.